The number of benzene rings is 11. The summed E-state index contributed by atoms with van der Waals surface area (Å²) in [6, 6.07) is 85.5. The number of hydrogen-bond donors (Lipinski definition) is 0. The molecule has 2 heteroatoms. The highest BCUT2D eigenvalue weighted by atomic mass is 16.3. The zero-order valence-corrected chi connectivity index (χ0v) is 33.9. The summed E-state index contributed by atoms with van der Waals surface area (Å²) < 4.78 is 6.53. The molecule has 0 aliphatic heterocycles. The Morgan fingerprint density at radius 2 is 0.790 bits per heavy atom. The first-order chi connectivity index (χ1) is 30.7. The Bertz CT molecular complexity index is 3610. The summed E-state index contributed by atoms with van der Waals surface area (Å²) in [5.74, 6) is 0. The van der Waals surface area contributed by atoms with Crippen molar-refractivity contribution in [3.63, 3.8) is 0 Å². The Hall–Kier alpha value is -8.20. The van der Waals surface area contributed by atoms with Gasteiger partial charge in [0, 0.05) is 33.1 Å². The van der Waals surface area contributed by atoms with Gasteiger partial charge in [-0.3, -0.25) is 0 Å². The molecule has 0 saturated heterocycles. The van der Waals surface area contributed by atoms with E-state index in [4.69, 9.17) is 4.42 Å². The predicted octanol–water partition coefficient (Wildman–Crippen LogP) is 17.2. The molecule has 0 amide bonds. The van der Waals surface area contributed by atoms with Crippen LogP contribution in [-0.2, 0) is 0 Å². The van der Waals surface area contributed by atoms with Crippen LogP contribution in [0.15, 0.2) is 241 Å². The van der Waals surface area contributed by atoms with Gasteiger partial charge in [0.05, 0.1) is 5.69 Å². The maximum absolute atomic E-state index is 6.53. The van der Waals surface area contributed by atoms with Gasteiger partial charge >= 0.3 is 0 Å². The van der Waals surface area contributed by atoms with Gasteiger partial charge in [0.2, 0.25) is 0 Å². The molecule has 0 aliphatic rings. The summed E-state index contributed by atoms with van der Waals surface area (Å²) in [5, 5.41) is 9.50. The lowest BCUT2D eigenvalue weighted by Gasteiger charge is -2.28. The van der Waals surface area contributed by atoms with Gasteiger partial charge < -0.3 is 9.32 Å². The van der Waals surface area contributed by atoms with Gasteiger partial charge in [-0.05, 0) is 114 Å². The van der Waals surface area contributed by atoms with E-state index in [9.17, 15) is 0 Å². The summed E-state index contributed by atoms with van der Waals surface area (Å²) >= 11 is 0. The SMILES string of the molecule is c1ccc(N(c2ccc(-c3ccc(-c4cccc5ccccc45)cc3)cc2)c2ccc(-c3ccc4ccccc4c3)cc2)c(-c2cc3c4ccccc4oc3c3ccccc23)c1. The van der Waals surface area contributed by atoms with Crippen molar-refractivity contribution in [3.05, 3.63) is 237 Å². The van der Waals surface area contributed by atoms with E-state index in [2.05, 4.69) is 235 Å². The first kappa shape index (κ1) is 35.7. The predicted molar refractivity (Wildman–Crippen MR) is 263 cm³/mol. The summed E-state index contributed by atoms with van der Waals surface area (Å²) in [7, 11) is 0. The lowest BCUT2D eigenvalue weighted by atomic mass is 9.93. The minimum Gasteiger partial charge on any atom is -0.455 e. The lowest BCUT2D eigenvalue weighted by Crippen LogP contribution is -2.11. The number of nitrogens with zero attached hydrogens (tertiary/aromatic N) is 1. The van der Waals surface area contributed by atoms with Crippen molar-refractivity contribution in [1.82, 2.24) is 0 Å². The van der Waals surface area contributed by atoms with Gasteiger partial charge in [0.15, 0.2) is 0 Å². The maximum Gasteiger partial charge on any atom is 0.143 e. The zero-order chi connectivity index (χ0) is 41.0. The van der Waals surface area contributed by atoms with Crippen LogP contribution in [0.5, 0.6) is 0 Å². The van der Waals surface area contributed by atoms with Crippen LogP contribution < -0.4 is 4.90 Å². The number of fused-ring (bicyclic) bond motifs is 7. The van der Waals surface area contributed by atoms with E-state index in [1.165, 1.54) is 54.9 Å². The van der Waals surface area contributed by atoms with Crippen molar-refractivity contribution in [2.24, 2.45) is 0 Å². The normalized spacial score (nSPS) is 11.5. The van der Waals surface area contributed by atoms with Crippen LogP contribution in [-0.4, -0.2) is 0 Å². The van der Waals surface area contributed by atoms with E-state index in [0.717, 1.165) is 60.9 Å². The summed E-state index contributed by atoms with van der Waals surface area (Å²) in [6.07, 6.45) is 0. The second-order valence-electron chi connectivity index (χ2n) is 16.1. The van der Waals surface area contributed by atoms with E-state index < -0.39 is 0 Å². The zero-order valence-electron chi connectivity index (χ0n) is 33.9. The molecule has 12 rings (SSSR count). The molecule has 0 unspecified atom stereocenters. The molecule has 0 bridgehead atoms. The van der Waals surface area contributed by atoms with Gasteiger partial charge in [-0.1, -0.05) is 188 Å². The molecule has 0 radical (unpaired) electrons. The van der Waals surface area contributed by atoms with Gasteiger partial charge in [-0.15, -0.1) is 0 Å². The van der Waals surface area contributed by atoms with Gasteiger partial charge in [-0.2, -0.15) is 0 Å². The third-order valence-electron chi connectivity index (χ3n) is 12.5. The van der Waals surface area contributed by atoms with Crippen LogP contribution in [0.3, 0.4) is 0 Å². The minimum absolute atomic E-state index is 0.898. The number of hydrogen-bond acceptors (Lipinski definition) is 2. The third kappa shape index (κ3) is 6.12. The number of para-hydroxylation sites is 2. The average molecular weight is 790 g/mol. The molecule has 0 N–H and O–H groups in total. The molecule has 12 aromatic rings. The highest BCUT2D eigenvalue weighted by Crippen LogP contribution is 2.46. The third-order valence-corrected chi connectivity index (χ3v) is 12.5. The van der Waals surface area contributed by atoms with E-state index in [1.54, 1.807) is 0 Å². The van der Waals surface area contributed by atoms with E-state index in [1.807, 2.05) is 6.07 Å². The highest BCUT2D eigenvalue weighted by Gasteiger charge is 2.21. The molecule has 1 aromatic heterocycles. The highest BCUT2D eigenvalue weighted by molar-refractivity contribution is 6.20. The van der Waals surface area contributed by atoms with Crippen LogP contribution >= 0.6 is 0 Å². The second kappa shape index (κ2) is 14.8. The van der Waals surface area contributed by atoms with Crippen molar-refractivity contribution in [2.75, 3.05) is 4.90 Å². The molecule has 1 heterocycles. The fourth-order valence-electron chi connectivity index (χ4n) is 9.39. The van der Waals surface area contributed by atoms with Gasteiger partial charge in [0.25, 0.3) is 0 Å². The van der Waals surface area contributed by atoms with Crippen molar-refractivity contribution in [3.8, 4) is 44.5 Å². The van der Waals surface area contributed by atoms with Crippen molar-refractivity contribution in [1.29, 1.82) is 0 Å². The molecule has 2 nitrogen and oxygen atoms in total. The molecule has 0 aliphatic carbocycles. The van der Waals surface area contributed by atoms with E-state index >= 15 is 0 Å². The Morgan fingerprint density at radius 3 is 1.55 bits per heavy atom. The first-order valence-corrected chi connectivity index (χ1v) is 21.2. The van der Waals surface area contributed by atoms with Gasteiger partial charge in [-0.25, -0.2) is 0 Å². The molecular weight excluding hydrogens is 751 g/mol. The Morgan fingerprint density at radius 1 is 0.274 bits per heavy atom. The van der Waals surface area contributed by atoms with Crippen LogP contribution in [0.2, 0.25) is 0 Å². The first-order valence-electron chi connectivity index (χ1n) is 21.2. The molecule has 0 spiro atoms. The van der Waals surface area contributed by atoms with Crippen LogP contribution in [0.25, 0.3) is 98.8 Å². The van der Waals surface area contributed by atoms with Crippen molar-refractivity contribution < 1.29 is 4.42 Å². The summed E-state index contributed by atoms with van der Waals surface area (Å²) in [5.41, 5.74) is 14.6. The van der Waals surface area contributed by atoms with E-state index in [0.29, 0.717) is 0 Å². The van der Waals surface area contributed by atoms with Gasteiger partial charge in [0.1, 0.15) is 11.2 Å². The lowest BCUT2D eigenvalue weighted by molar-refractivity contribution is 0.672. The Balaban J connectivity index is 0.983. The monoisotopic (exact) mass is 789 g/mol. The second-order valence-corrected chi connectivity index (χ2v) is 16.1. The molecule has 62 heavy (non-hydrogen) atoms. The maximum atomic E-state index is 6.53. The molecular formula is C60H39NO. The topological polar surface area (TPSA) is 16.4 Å². The number of anilines is 3. The van der Waals surface area contributed by atoms with Crippen LogP contribution in [0.1, 0.15) is 0 Å². The molecule has 11 aromatic carbocycles. The standard InChI is InChI=1S/C60H39NO/c1-2-14-46-38-47(29-26-40(46)12-1)43-32-36-49(37-33-43)61(48-34-30-42(31-35-48)41-24-27-45(28-25-41)51-21-11-15-44-13-3-4-16-50(44)51)58-22-9-7-18-53(58)56-39-57-54-19-8-10-23-59(54)62-60(57)55-20-6-5-17-52(55)56/h1-39H. The fraction of sp³-hybridized carbons (Fsp3) is 0. The number of furan rings is 1. The van der Waals surface area contributed by atoms with E-state index in [-0.39, 0.29) is 0 Å². The summed E-state index contributed by atoms with van der Waals surface area (Å²) in [4.78, 5) is 2.40. The quantitative estimate of drug-likeness (QED) is 0.160. The fourth-order valence-corrected chi connectivity index (χ4v) is 9.39. The number of rotatable bonds is 7. The average Bonchev–Trinajstić information content (AvgIpc) is 3.73. The molecule has 0 saturated carbocycles. The Labute approximate surface area is 360 Å². The smallest absolute Gasteiger partial charge is 0.143 e. The molecule has 290 valence electrons. The molecule has 0 fully saturated rings. The minimum atomic E-state index is 0.898. The Kier molecular flexibility index (Phi) is 8.53. The van der Waals surface area contributed by atoms with Crippen LogP contribution in [0, 0.1) is 0 Å². The summed E-state index contributed by atoms with van der Waals surface area (Å²) in [6.45, 7) is 0. The van der Waals surface area contributed by atoms with Crippen molar-refractivity contribution in [2.45, 2.75) is 0 Å². The van der Waals surface area contributed by atoms with Crippen LogP contribution in [0.4, 0.5) is 17.1 Å². The molecule has 0 atom stereocenters. The van der Waals surface area contributed by atoms with Crippen molar-refractivity contribution >= 4 is 71.3 Å². The largest absolute Gasteiger partial charge is 0.455 e.